The van der Waals surface area contributed by atoms with Crippen LogP contribution in [0, 0.1) is 0 Å². The fraction of sp³-hybridized carbons (Fsp3) is 0.733. The third-order valence-corrected chi connectivity index (χ3v) is 4.49. The van der Waals surface area contributed by atoms with Gasteiger partial charge in [0.1, 0.15) is 6.23 Å². The Balaban J connectivity index is 2.34. The van der Waals surface area contributed by atoms with E-state index in [2.05, 4.69) is 30.7 Å². The van der Waals surface area contributed by atoms with Gasteiger partial charge >= 0.3 is 0 Å². The molecule has 5 heteroatoms. The molecule has 1 N–H and O–H groups in total. The largest absolute Gasteiger partial charge is 0.351 e. The number of rotatable bonds is 5. The number of hydrogen-bond acceptors (Lipinski definition) is 3. The standard InChI is InChI=1S/C15H25N3O2/c1-5-14-18(11(4)19)13(8-12-9-16-10-17-12)15(6-2,7-3)20-14/h9-10,13-14H,5-8H2,1-4H3,(H,16,17)/t13-,14-/m0/s1. The highest BCUT2D eigenvalue weighted by molar-refractivity contribution is 5.74. The zero-order valence-electron chi connectivity index (χ0n) is 12.8. The second-order valence-corrected chi connectivity index (χ2v) is 5.46. The van der Waals surface area contributed by atoms with E-state index in [0.29, 0.717) is 0 Å². The number of imidazole rings is 1. The van der Waals surface area contributed by atoms with E-state index in [0.717, 1.165) is 31.4 Å². The molecule has 1 aromatic rings. The minimum atomic E-state index is -0.259. The van der Waals surface area contributed by atoms with Crippen molar-refractivity contribution in [2.45, 2.75) is 71.2 Å². The summed E-state index contributed by atoms with van der Waals surface area (Å²) in [6.45, 7) is 7.97. The van der Waals surface area contributed by atoms with E-state index in [1.807, 2.05) is 11.1 Å². The SMILES string of the molecule is CC[C@@H]1OC(CC)(CC)[C@H](Cc2c[nH]cn2)N1C(C)=O. The predicted molar refractivity (Wildman–Crippen MR) is 77.1 cm³/mol. The summed E-state index contributed by atoms with van der Waals surface area (Å²) in [5, 5.41) is 0. The summed E-state index contributed by atoms with van der Waals surface area (Å²) in [5.41, 5.74) is 0.721. The molecule has 1 aliphatic rings. The van der Waals surface area contributed by atoms with Crippen LogP contribution in [0.4, 0.5) is 0 Å². The Labute approximate surface area is 120 Å². The minimum absolute atomic E-state index is 0.0586. The lowest BCUT2D eigenvalue weighted by atomic mass is 9.85. The number of ether oxygens (including phenoxy) is 1. The van der Waals surface area contributed by atoms with Crippen LogP contribution >= 0.6 is 0 Å². The first-order chi connectivity index (χ1) is 9.57. The van der Waals surface area contributed by atoms with E-state index in [4.69, 9.17) is 4.74 Å². The zero-order valence-corrected chi connectivity index (χ0v) is 12.8. The van der Waals surface area contributed by atoms with Crippen LogP contribution in [0.5, 0.6) is 0 Å². The van der Waals surface area contributed by atoms with Crippen molar-refractivity contribution in [2.75, 3.05) is 0 Å². The first-order valence-corrected chi connectivity index (χ1v) is 7.52. The van der Waals surface area contributed by atoms with Crippen molar-refractivity contribution in [2.24, 2.45) is 0 Å². The molecule has 0 aromatic carbocycles. The molecule has 0 spiro atoms. The van der Waals surface area contributed by atoms with Crippen LogP contribution in [0.2, 0.25) is 0 Å². The second kappa shape index (κ2) is 5.95. The molecule has 0 bridgehead atoms. The number of aromatic amines is 1. The van der Waals surface area contributed by atoms with Gasteiger partial charge in [0.2, 0.25) is 5.91 Å². The van der Waals surface area contributed by atoms with Gasteiger partial charge in [0.05, 0.1) is 23.7 Å². The molecule has 1 aromatic heterocycles. The molecule has 1 amide bonds. The highest BCUT2D eigenvalue weighted by Crippen LogP contribution is 2.40. The Morgan fingerprint density at radius 2 is 2.15 bits per heavy atom. The number of hydrogen-bond donors (Lipinski definition) is 1. The average molecular weight is 279 g/mol. The van der Waals surface area contributed by atoms with E-state index in [1.165, 1.54) is 0 Å². The van der Waals surface area contributed by atoms with E-state index in [1.54, 1.807) is 13.3 Å². The van der Waals surface area contributed by atoms with Crippen LogP contribution in [-0.2, 0) is 16.0 Å². The lowest BCUT2D eigenvalue weighted by molar-refractivity contribution is -0.136. The summed E-state index contributed by atoms with van der Waals surface area (Å²) in [7, 11) is 0. The summed E-state index contributed by atoms with van der Waals surface area (Å²) in [6, 6.07) is 0.0586. The van der Waals surface area contributed by atoms with E-state index in [-0.39, 0.29) is 23.8 Å². The van der Waals surface area contributed by atoms with Crippen molar-refractivity contribution in [1.82, 2.24) is 14.9 Å². The Hall–Kier alpha value is -1.36. The van der Waals surface area contributed by atoms with Crippen LogP contribution in [0.3, 0.4) is 0 Å². The molecular formula is C15H25N3O2. The number of nitrogens with one attached hydrogen (secondary N) is 1. The topological polar surface area (TPSA) is 58.2 Å². The van der Waals surface area contributed by atoms with Gasteiger partial charge in [0.15, 0.2) is 0 Å². The van der Waals surface area contributed by atoms with Crippen LogP contribution in [0.15, 0.2) is 12.5 Å². The summed E-state index contributed by atoms with van der Waals surface area (Å²) < 4.78 is 6.30. The smallest absolute Gasteiger partial charge is 0.221 e. The lowest BCUT2D eigenvalue weighted by Crippen LogP contribution is -2.48. The number of nitrogens with zero attached hydrogens (tertiary/aromatic N) is 2. The maximum Gasteiger partial charge on any atom is 0.221 e. The second-order valence-electron chi connectivity index (χ2n) is 5.46. The Morgan fingerprint density at radius 1 is 1.45 bits per heavy atom. The van der Waals surface area contributed by atoms with E-state index in [9.17, 15) is 4.79 Å². The molecular weight excluding hydrogens is 254 g/mol. The Kier molecular flexibility index (Phi) is 4.48. The third-order valence-electron chi connectivity index (χ3n) is 4.49. The zero-order chi connectivity index (χ0) is 14.8. The van der Waals surface area contributed by atoms with Crippen molar-refractivity contribution in [3.8, 4) is 0 Å². The number of amides is 1. The third kappa shape index (κ3) is 2.46. The van der Waals surface area contributed by atoms with Gasteiger partial charge in [-0.25, -0.2) is 4.98 Å². The fourth-order valence-electron chi connectivity index (χ4n) is 3.34. The average Bonchev–Trinajstić information content (AvgIpc) is 3.05. The molecule has 112 valence electrons. The van der Waals surface area contributed by atoms with E-state index >= 15 is 0 Å². The van der Waals surface area contributed by atoms with Crippen LogP contribution < -0.4 is 0 Å². The molecule has 1 fully saturated rings. The molecule has 0 aliphatic carbocycles. The van der Waals surface area contributed by atoms with Gasteiger partial charge in [-0.15, -0.1) is 0 Å². The highest BCUT2D eigenvalue weighted by Gasteiger charge is 2.51. The Bertz CT molecular complexity index is 440. The quantitative estimate of drug-likeness (QED) is 0.901. The predicted octanol–water partition coefficient (Wildman–Crippen LogP) is 2.49. The van der Waals surface area contributed by atoms with Crippen molar-refractivity contribution in [3.63, 3.8) is 0 Å². The van der Waals surface area contributed by atoms with Crippen molar-refractivity contribution in [3.05, 3.63) is 18.2 Å². The minimum Gasteiger partial charge on any atom is -0.351 e. The molecule has 0 unspecified atom stereocenters. The van der Waals surface area contributed by atoms with Gasteiger partial charge in [-0.2, -0.15) is 0 Å². The van der Waals surface area contributed by atoms with Crippen molar-refractivity contribution in [1.29, 1.82) is 0 Å². The van der Waals surface area contributed by atoms with Crippen molar-refractivity contribution >= 4 is 5.91 Å². The van der Waals surface area contributed by atoms with Crippen LogP contribution in [0.25, 0.3) is 0 Å². The molecule has 2 heterocycles. The van der Waals surface area contributed by atoms with Crippen LogP contribution in [-0.4, -0.2) is 38.6 Å². The maximum absolute atomic E-state index is 12.1. The molecule has 1 saturated heterocycles. The molecule has 2 atom stereocenters. The van der Waals surface area contributed by atoms with Gasteiger partial charge in [-0.1, -0.05) is 20.8 Å². The summed E-state index contributed by atoms with van der Waals surface area (Å²) >= 11 is 0. The number of carbonyl (C=O) groups excluding carboxylic acids is 1. The maximum atomic E-state index is 12.1. The molecule has 2 rings (SSSR count). The molecule has 1 aliphatic heterocycles. The van der Waals surface area contributed by atoms with Crippen LogP contribution in [0.1, 0.15) is 52.7 Å². The highest BCUT2D eigenvalue weighted by atomic mass is 16.5. The van der Waals surface area contributed by atoms with Gasteiger partial charge < -0.3 is 14.6 Å². The lowest BCUT2D eigenvalue weighted by Gasteiger charge is -2.34. The fourth-order valence-corrected chi connectivity index (χ4v) is 3.34. The van der Waals surface area contributed by atoms with E-state index < -0.39 is 0 Å². The summed E-state index contributed by atoms with van der Waals surface area (Å²) in [6.07, 6.45) is 6.82. The van der Waals surface area contributed by atoms with Gasteiger partial charge in [0, 0.05) is 19.5 Å². The first-order valence-electron chi connectivity index (χ1n) is 7.52. The number of H-pyrrole nitrogens is 1. The van der Waals surface area contributed by atoms with Gasteiger partial charge in [-0.3, -0.25) is 4.79 Å². The Morgan fingerprint density at radius 3 is 2.60 bits per heavy atom. The molecule has 0 radical (unpaired) electrons. The summed E-state index contributed by atoms with van der Waals surface area (Å²) in [5.74, 6) is 0.0844. The summed E-state index contributed by atoms with van der Waals surface area (Å²) in [4.78, 5) is 21.3. The first kappa shape index (κ1) is 15.0. The van der Waals surface area contributed by atoms with Gasteiger partial charge in [-0.05, 0) is 19.3 Å². The number of aromatic nitrogens is 2. The monoisotopic (exact) mass is 279 g/mol. The molecule has 5 nitrogen and oxygen atoms in total. The van der Waals surface area contributed by atoms with Crippen molar-refractivity contribution < 1.29 is 9.53 Å². The normalized spacial score (nSPS) is 25.1. The van der Waals surface area contributed by atoms with Gasteiger partial charge in [0.25, 0.3) is 0 Å². The molecule has 20 heavy (non-hydrogen) atoms. The number of carbonyl (C=O) groups is 1. The molecule has 0 saturated carbocycles.